The van der Waals surface area contributed by atoms with Crippen molar-refractivity contribution in [2.75, 3.05) is 7.11 Å². The minimum absolute atomic E-state index is 0.266. The van der Waals surface area contributed by atoms with Gasteiger partial charge >= 0.3 is 0 Å². The molecule has 16 heavy (non-hydrogen) atoms. The van der Waals surface area contributed by atoms with Crippen molar-refractivity contribution in [2.24, 2.45) is 0 Å². The molecular weight excluding hydrogens is 208 g/mol. The fraction of sp³-hybridized carbons (Fsp3) is 0.273. The molecule has 1 heterocycles. The Morgan fingerprint density at radius 2 is 2.25 bits per heavy atom. The molecule has 2 aromatic rings. The lowest BCUT2D eigenvalue weighted by Gasteiger charge is -2.06. The highest BCUT2D eigenvalue weighted by molar-refractivity contribution is 5.79. The van der Waals surface area contributed by atoms with E-state index in [1.807, 2.05) is 0 Å². The highest BCUT2D eigenvalue weighted by Gasteiger charge is 2.08. The largest absolute Gasteiger partial charge is 0.497 e. The SMILES string of the molecule is COc1ccc2nc(C(C)O)[nH]c(=O)c2c1. The summed E-state index contributed by atoms with van der Waals surface area (Å²) in [7, 11) is 1.53. The Kier molecular flexibility index (Phi) is 2.62. The van der Waals surface area contributed by atoms with Crippen LogP contribution in [0, 0.1) is 0 Å². The minimum Gasteiger partial charge on any atom is -0.497 e. The van der Waals surface area contributed by atoms with Crippen molar-refractivity contribution in [3.05, 3.63) is 34.4 Å². The number of aromatic nitrogens is 2. The number of aliphatic hydroxyl groups excluding tert-OH is 1. The maximum absolute atomic E-state index is 11.7. The number of nitrogens with one attached hydrogen (secondary N) is 1. The molecule has 1 aromatic heterocycles. The summed E-state index contributed by atoms with van der Waals surface area (Å²) in [6, 6.07) is 5.03. The number of rotatable bonds is 2. The Morgan fingerprint density at radius 3 is 2.88 bits per heavy atom. The van der Waals surface area contributed by atoms with Crippen LogP contribution in [0.15, 0.2) is 23.0 Å². The van der Waals surface area contributed by atoms with Crippen LogP contribution in [0.2, 0.25) is 0 Å². The standard InChI is InChI=1S/C11H12N2O3/c1-6(14)10-12-9-4-3-7(16-2)5-8(9)11(15)13-10/h3-6,14H,1-2H3,(H,12,13,15). The lowest BCUT2D eigenvalue weighted by Crippen LogP contribution is -2.13. The maximum Gasteiger partial charge on any atom is 0.258 e. The minimum atomic E-state index is -0.792. The topological polar surface area (TPSA) is 75.2 Å². The van der Waals surface area contributed by atoms with Crippen molar-refractivity contribution in [1.82, 2.24) is 9.97 Å². The van der Waals surface area contributed by atoms with Crippen LogP contribution in [0.1, 0.15) is 18.9 Å². The van der Waals surface area contributed by atoms with Crippen molar-refractivity contribution >= 4 is 10.9 Å². The van der Waals surface area contributed by atoms with Gasteiger partial charge in [-0.3, -0.25) is 4.79 Å². The van der Waals surface area contributed by atoms with E-state index in [-0.39, 0.29) is 11.4 Å². The predicted octanol–water partition coefficient (Wildman–Crippen LogP) is 0.985. The van der Waals surface area contributed by atoms with E-state index < -0.39 is 6.10 Å². The number of H-pyrrole nitrogens is 1. The van der Waals surface area contributed by atoms with Gasteiger partial charge in [-0.2, -0.15) is 0 Å². The second-order valence-corrected chi connectivity index (χ2v) is 3.51. The first-order valence-corrected chi connectivity index (χ1v) is 4.88. The zero-order chi connectivity index (χ0) is 11.7. The van der Waals surface area contributed by atoms with Crippen LogP contribution in [-0.4, -0.2) is 22.2 Å². The first-order valence-electron chi connectivity index (χ1n) is 4.88. The van der Waals surface area contributed by atoms with Crippen LogP contribution in [0.4, 0.5) is 0 Å². The second kappa shape index (κ2) is 3.94. The smallest absolute Gasteiger partial charge is 0.258 e. The van der Waals surface area contributed by atoms with Crippen LogP contribution < -0.4 is 10.3 Å². The van der Waals surface area contributed by atoms with Crippen molar-refractivity contribution < 1.29 is 9.84 Å². The van der Waals surface area contributed by atoms with Gasteiger partial charge in [0.15, 0.2) is 0 Å². The van der Waals surface area contributed by atoms with Crippen molar-refractivity contribution in [3.8, 4) is 5.75 Å². The van der Waals surface area contributed by atoms with Gasteiger partial charge in [-0.05, 0) is 25.1 Å². The summed E-state index contributed by atoms with van der Waals surface area (Å²) < 4.78 is 5.03. The molecule has 1 unspecified atom stereocenters. The molecule has 0 aliphatic carbocycles. The van der Waals surface area contributed by atoms with Gasteiger partial charge in [-0.25, -0.2) is 4.98 Å². The molecule has 2 rings (SSSR count). The molecule has 84 valence electrons. The molecule has 0 saturated heterocycles. The third kappa shape index (κ3) is 1.77. The molecule has 0 spiro atoms. The fourth-order valence-corrected chi connectivity index (χ4v) is 1.46. The number of aliphatic hydroxyl groups is 1. The molecule has 1 atom stereocenters. The molecule has 0 aliphatic heterocycles. The average Bonchev–Trinajstić information content (AvgIpc) is 2.28. The third-order valence-electron chi connectivity index (χ3n) is 2.33. The molecule has 5 nitrogen and oxygen atoms in total. The van der Waals surface area contributed by atoms with Gasteiger partial charge in [0.25, 0.3) is 5.56 Å². The number of ether oxygens (including phenoxy) is 1. The number of hydrogen-bond donors (Lipinski definition) is 2. The molecule has 1 aromatic carbocycles. The Bertz CT molecular complexity index is 575. The van der Waals surface area contributed by atoms with Gasteiger partial charge in [0.2, 0.25) is 0 Å². The van der Waals surface area contributed by atoms with E-state index in [9.17, 15) is 9.90 Å². The number of fused-ring (bicyclic) bond motifs is 1. The molecule has 0 amide bonds. The van der Waals surface area contributed by atoms with E-state index in [4.69, 9.17) is 4.74 Å². The van der Waals surface area contributed by atoms with Crippen LogP contribution in [-0.2, 0) is 0 Å². The Morgan fingerprint density at radius 1 is 1.50 bits per heavy atom. The lowest BCUT2D eigenvalue weighted by molar-refractivity contribution is 0.189. The molecule has 5 heteroatoms. The Hall–Kier alpha value is -1.88. The Balaban J connectivity index is 2.71. The molecule has 0 radical (unpaired) electrons. The number of hydrogen-bond acceptors (Lipinski definition) is 4. The third-order valence-corrected chi connectivity index (χ3v) is 2.33. The van der Waals surface area contributed by atoms with E-state index in [0.29, 0.717) is 16.7 Å². The van der Waals surface area contributed by atoms with Gasteiger partial charge in [0, 0.05) is 0 Å². The van der Waals surface area contributed by atoms with E-state index >= 15 is 0 Å². The second-order valence-electron chi connectivity index (χ2n) is 3.51. The summed E-state index contributed by atoms with van der Waals surface area (Å²) in [4.78, 5) is 18.4. The lowest BCUT2D eigenvalue weighted by atomic mass is 10.2. The number of benzene rings is 1. The summed E-state index contributed by atoms with van der Waals surface area (Å²) in [5, 5.41) is 9.80. The summed E-state index contributed by atoms with van der Waals surface area (Å²) in [5.74, 6) is 0.868. The molecule has 2 N–H and O–H groups in total. The summed E-state index contributed by atoms with van der Waals surface area (Å²) in [6.45, 7) is 1.55. The summed E-state index contributed by atoms with van der Waals surface area (Å²) in [5.41, 5.74) is 0.264. The molecule has 0 fully saturated rings. The van der Waals surface area contributed by atoms with Crippen molar-refractivity contribution in [2.45, 2.75) is 13.0 Å². The molecule has 0 saturated carbocycles. The first kappa shape index (κ1) is 10.6. The number of nitrogens with zero attached hydrogens (tertiary/aromatic N) is 1. The normalized spacial score (nSPS) is 12.7. The van der Waals surface area contributed by atoms with Crippen LogP contribution in [0.3, 0.4) is 0 Å². The van der Waals surface area contributed by atoms with Gasteiger partial charge in [0.1, 0.15) is 17.7 Å². The summed E-state index contributed by atoms with van der Waals surface area (Å²) in [6.07, 6.45) is -0.792. The average molecular weight is 220 g/mol. The first-order chi connectivity index (χ1) is 7.61. The van der Waals surface area contributed by atoms with Gasteiger partial charge in [0.05, 0.1) is 18.0 Å². The molecular formula is C11H12N2O3. The van der Waals surface area contributed by atoms with E-state index in [1.54, 1.807) is 25.1 Å². The van der Waals surface area contributed by atoms with Crippen LogP contribution >= 0.6 is 0 Å². The van der Waals surface area contributed by atoms with Crippen LogP contribution in [0.5, 0.6) is 5.75 Å². The van der Waals surface area contributed by atoms with Gasteiger partial charge in [-0.15, -0.1) is 0 Å². The quantitative estimate of drug-likeness (QED) is 0.791. The van der Waals surface area contributed by atoms with Crippen LogP contribution in [0.25, 0.3) is 10.9 Å². The van der Waals surface area contributed by atoms with Gasteiger partial charge in [-0.1, -0.05) is 0 Å². The highest BCUT2D eigenvalue weighted by Crippen LogP contribution is 2.17. The fourth-order valence-electron chi connectivity index (χ4n) is 1.46. The zero-order valence-corrected chi connectivity index (χ0v) is 9.02. The highest BCUT2D eigenvalue weighted by atomic mass is 16.5. The van der Waals surface area contributed by atoms with E-state index in [0.717, 1.165) is 0 Å². The van der Waals surface area contributed by atoms with E-state index in [2.05, 4.69) is 9.97 Å². The predicted molar refractivity (Wildman–Crippen MR) is 59.5 cm³/mol. The number of methoxy groups -OCH3 is 1. The Labute approximate surface area is 91.7 Å². The maximum atomic E-state index is 11.7. The molecule has 0 aliphatic rings. The molecule has 0 bridgehead atoms. The monoisotopic (exact) mass is 220 g/mol. The van der Waals surface area contributed by atoms with E-state index in [1.165, 1.54) is 7.11 Å². The number of aromatic amines is 1. The van der Waals surface area contributed by atoms with Crippen molar-refractivity contribution in [1.29, 1.82) is 0 Å². The zero-order valence-electron chi connectivity index (χ0n) is 9.02. The van der Waals surface area contributed by atoms with Crippen molar-refractivity contribution in [3.63, 3.8) is 0 Å². The summed E-state index contributed by atoms with van der Waals surface area (Å²) >= 11 is 0. The van der Waals surface area contributed by atoms with Gasteiger partial charge < -0.3 is 14.8 Å².